The summed E-state index contributed by atoms with van der Waals surface area (Å²) < 4.78 is 5.35. The summed E-state index contributed by atoms with van der Waals surface area (Å²) in [7, 11) is 3.28. The molecule has 0 N–H and O–H groups in total. The first-order chi connectivity index (χ1) is 13.3. The molecule has 148 valence electrons. The highest BCUT2D eigenvalue weighted by molar-refractivity contribution is 6.30. The third-order valence-electron chi connectivity index (χ3n) is 5.33. The molecule has 1 heterocycles. The van der Waals surface area contributed by atoms with Crippen LogP contribution in [-0.2, 0) is 16.1 Å². The normalized spacial score (nSPS) is 16.4. The van der Waals surface area contributed by atoms with Crippen LogP contribution >= 0.6 is 11.6 Å². The van der Waals surface area contributed by atoms with Gasteiger partial charge in [0.1, 0.15) is 11.7 Å². The Hall–Kier alpha value is -2.53. The van der Waals surface area contributed by atoms with Gasteiger partial charge < -0.3 is 14.5 Å². The van der Waals surface area contributed by atoms with E-state index in [1.807, 2.05) is 32.0 Å². The average molecular weight is 401 g/mol. The summed E-state index contributed by atoms with van der Waals surface area (Å²) in [5.41, 5.74) is 3.97. The summed E-state index contributed by atoms with van der Waals surface area (Å²) in [6.07, 6.45) is 0.515. The number of halogens is 1. The Labute approximate surface area is 170 Å². The number of hydrogen-bond acceptors (Lipinski definition) is 3. The molecule has 2 aromatic carbocycles. The molecule has 1 unspecified atom stereocenters. The van der Waals surface area contributed by atoms with E-state index >= 15 is 0 Å². The third kappa shape index (κ3) is 3.99. The van der Waals surface area contributed by atoms with E-state index in [2.05, 4.69) is 0 Å². The second-order valence-corrected chi connectivity index (χ2v) is 7.69. The summed E-state index contributed by atoms with van der Waals surface area (Å²) in [6.45, 7) is 4.94. The molecule has 0 bridgehead atoms. The Morgan fingerprint density at radius 2 is 1.96 bits per heavy atom. The van der Waals surface area contributed by atoms with Gasteiger partial charge in [0.2, 0.25) is 11.8 Å². The Bertz CT molecular complexity index is 913. The predicted octanol–water partition coefficient (Wildman–Crippen LogP) is 3.98. The molecule has 28 heavy (non-hydrogen) atoms. The molecular weight excluding hydrogens is 376 g/mol. The average Bonchev–Trinajstić information content (AvgIpc) is 3.05. The third-order valence-corrected chi connectivity index (χ3v) is 5.57. The number of aryl methyl sites for hydroxylation is 2. The van der Waals surface area contributed by atoms with Gasteiger partial charge in [-0.25, -0.2) is 0 Å². The standard InChI is InChI=1S/C22H25ClN2O3/c1-14-5-7-18(11-15(14)2)25-10-9-19(22(25)27)21(26)24(3)13-16-12-17(23)6-8-20(16)28-4/h5-8,11-12,19H,9-10,13H2,1-4H3. The van der Waals surface area contributed by atoms with Gasteiger partial charge >= 0.3 is 0 Å². The van der Waals surface area contributed by atoms with Crippen LogP contribution in [0.2, 0.25) is 5.02 Å². The number of anilines is 1. The molecule has 0 spiro atoms. The fraction of sp³-hybridized carbons (Fsp3) is 0.364. The molecule has 2 amide bonds. The molecule has 1 fully saturated rings. The van der Waals surface area contributed by atoms with E-state index < -0.39 is 5.92 Å². The molecule has 5 nitrogen and oxygen atoms in total. The number of methoxy groups -OCH3 is 1. The minimum absolute atomic E-state index is 0.141. The van der Waals surface area contributed by atoms with Crippen molar-refractivity contribution in [2.24, 2.45) is 5.92 Å². The maximum absolute atomic E-state index is 12.9. The van der Waals surface area contributed by atoms with Crippen molar-refractivity contribution in [2.75, 3.05) is 25.6 Å². The van der Waals surface area contributed by atoms with Crippen LogP contribution in [0.15, 0.2) is 36.4 Å². The van der Waals surface area contributed by atoms with Crippen LogP contribution in [-0.4, -0.2) is 37.4 Å². The van der Waals surface area contributed by atoms with Crippen molar-refractivity contribution in [1.29, 1.82) is 0 Å². The van der Waals surface area contributed by atoms with Gasteiger partial charge in [0.15, 0.2) is 0 Å². The van der Waals surface area contributed by atoms with Crippen LogP contribution in [0.1, 0.15) is 23.1 Å². The number of rotatable bonds is 5. The van der Waals surface area contributed by atoms with Gasteiger partial charge in [-0.1, -0.05) is 17.7 Å². The monoisotopic (exact) mass is 400 g/mol. The Morgan fingerprint density at radius 1 is 1.21 bits per heavy atom. The molecular formula is C22H25ClN2O3. The quantitative estimate of drug-likeness (QED) is 0.713. The lowest BCUT2D eigenvalue weighted by Gasteiger charge is -2.22. The molecule has 0 aromatic heterocycles. The largest absolute Gasteiger partial charge is 0.496 e. The van der Waals surface area contributed by atoms with Gasteiger partial charge in [0, 0.05) is 36.4 Å². The molecule has 0 aliphatic carbocycles. The lowest BCUT2D eigenvalue weighted by molar-refractivity contribution is -0.139. The van der Waals surface area contributed by atoms with Crippen LogP contribution in [0.5, 0.6) is 5.75 Å². The second-order valence-electron chi connectivity index (χ2n) is 7.25. The Morgan fingerprint density at radius 3 is 2.64 bits per heavy atom. The van der Waals surface area contributed by atoms with Crippen molar-refractivity contribution in [3.8, 4) is 5.75 Å². The molecule has 1 atom stereocenters. The lowest BCUT2D eigenvalue weighted by Crippen LogP contribution is -2.37. The highest BCUT2D eigenvalue weighted by atomic mass is 35.5. The van der Waals surface area contributed by atoms with E-state index in [1.54, 1.807) is 42.2 Å². The first-order valence-corrected chi connectivity index (χ1v) is 9.65. The smallest absolute Gasteiger partial charge is 0.239 e. The van der Waals surface area contributed by atoms with Crippen molar-refractivity contribution in [2.45, 2.75) is 26.8 Å². The predicted molar refractivity (Wildman–Crippen MR) is 111 cm³/mol. The van der Waals surface area contributed by atoms with Crippen LogP contribution in [0.3, 0.4) is 0 Å². The van der Waals surface area contributed by atoms with Gasteiger partial charge in [0.05, 0.1) is 7.11 Å². The van der Waals surface area contributed by atoms with Crippen molar-refractivity contribution in [3.05, 3.63) is 58.1 Å². The van der Waals surface area contributed by atoms with Gasteiger partial charge in [-0.15, -0.1) is 0 Å². The summed E-state index contributed by atoms with van der Waals surface area (Å²) >= 11 is 6.08. The minimum atomic E-state index is -0.656. The van der Waals surface area contributed by atoms with Crippen molar-refractivity contribution < 1.29 is 14.3 Å². The number of hydrogen-bond donors (Lipinski definition) is 0. The fourth-order valence-corrected chi connectivity index (χ4v) is 3.72. The van der Waals surface area contributed by atoms with Gasteiger partial charge in [-0.05, 0) is 61.7 Å². The Balaban J connectivity index is 1.73. The summed E-state index contributed by atoms with van der Waals surface area (Å²) in [6, 6.07) is 11.2. The molecule has 3 rings (SSSR count). The van der Waals surface area contributed by atoms with Crippen LogP contribution in [0.25, 0.3) is 0 Å². The fourth-order valence-electron chi connectivity index (χ4n) is 3.53. The Kier molecular flexibility index (Phi) is 5.94. The first-order valence-electron chi connectivity index (χ1n) is 9.28. The van der Waals surface area contributed by atoms with Gasteiger partial charge in [-0.2, -0.15) is 0 Å². The number of ether oxygens (including phenoxy) is 1. The SMILES string of the molecule is COc1ccc(Cl)cc1CN(C)C(=O)C1CCN(c2ccc(C)c(C)c2)C1=O. The van der Waals surface area contributed by atoms with Crippen molar-refractivity contribution in [3.63, 3.8) is 0 Å². The number of nitrogens with zero attached hydrogens (tertiary/aromatic N) is 2. The summed E-state index contributed by atoms with van der Waals surface area (Å²) in [4.78, 5) is 29.1. The van der Waals surface area contributed by atoms with Crippen LogP contribution in [0, 0.1) is 19.8 Å². The van der Waals surface area contributed by atoms with Crippen LogP contribution < -0.4 is 9.64 Å². The highest BCUT2D eigenvalue weighted by Crippen LogP contribution is 2.29. The minimum Gasteiger partial charge on any atom is -0.496 e. The highest BCUT2D eigenvalue weighted by Gasteiger charge is 2.39. The molecule has 6 heteroatoms. The van der Waals surface area contributed by atoms with Crippen molar-refractivity contribution in [1.82, 2.24) is 4.90 Å². The van der Waals surface area contributed by atoms with E-state index in [0.29, 0.717) is 30.3 Å². The maximum Gasteiger partial charge on any atom is 0.239 e. The number of benzene rings is 2. The second kappa shape index (κ2) is 8.23. The molecule has 0 saturated carbocycles. The van der Waals surface area contributed by atoms with Gasteiger partial charge in [-0.3, -0.25) is 9.59 Å². The van der Waals surface area contributed by atoms with Crippen molar-refractivity contribution >= 4 is 29.1 Å². The molecule has 1 aliphatic heterocycles. The molecule has 0 radical (unpaired) electrons. The van der Waals surface area contributed by atoms with E-state index in [9.17, 15) is 9.59 Å². The first kappa shape index (κ1) is 20.2. The topological polar surface area (TPSA) is 49.9 Å². The number of amides is 2. The van der Waals surface area contributed by atoms with Gasteiger partial charge in [0.25, 0.3) is 0 Å². The number of carbonyl (C=O) groups is 2. The van der Waals surface area contributed by atoms with E-state index in [0.717, 1.165) is 16.8 Å². The van der Waals surface area contributed by atoms with E-state index in [4.69, 9.17) is 16.3 Å². The molecule has 1 saturated heterocycles. The summed E-state index contributed by atoms with van der Waals surface area (Å²) in [5, 5.41) is 0.578. The molecule has 2 aromatic rings. The summed E-state index contributed by atoms with van der Waals surface area (Å²) in [5.74, 6) is -0.313. The number of carbonyl (C=O) groups excluding carboxylic acids is 2. The lowest BCUT2D eigenvalue weighted by atomic mass is 10.1. The zero-order chi connectivity index (χ0) is 20.4. The zero-order valence-corrected chi connectivity index (χ0v) is 17.4. The molecule has 1 aliphatic rings. The van der Waals surface area contributed by atoms with E-state index in [1.165, 1.54) is 5.56 Å². The maximum atomic E-state index is 12.9. The van der Waals surface area contributed by atoms with Crippen LogP contribution in [0.4, 0.5) is 5.69 Å². The zero-order valence-electron chi connectivity index (χ0n) is 16.7. The van der Waals surface area contributed by atoms with E-state index in [-0.39, 0.29) is 11.8 Å².